The Kier molecular flexibility index (Phi) is 5.88. The molecule has 2 fully saturated rings. The van der Waals surface area contributed by atoms with Crippen LogP contribution in [0.3, 0.4) is 0 Å². The minimum absolute atomic E-state index is 0.227. The first-order valence-corrected chi connectivity index (χ1v) is 8.23. The number of hydrogen-bond donors (Lipinski definition) is 2. The SMILES string of the molecule is CC(C)(C)OC(=O)NC1CCC(NCCOCC2CC2)C1. The fraction of sp³-hybridized carbons (Fsp3) is 0.938. The summed E-state index contributed by atoms with van der Waals surface area (Å²) in [5, 5.41) is 6.47. The monoisotopic (exact) mass is 298 g/mol. The quantitative estimate of drug-likeness (QED) is 0.709. The van der Waals surface area contributed by atoms with Crippen LogP contribution >= 0.6 is 0 Å². The summed E-state index contributed by atoms with van der Waals surface area (Å²) in [5.74, 6) is 0.832. The fourth-order valence-electron chi connectivity index (χ4n) is 2.64. The van der Waals surface area contributed by atoms with Crippen molar-refractivity contribution in [1.29, 1.82) is 0 Å². The zero-order valence-electron chi connectivity index (χ0n) is 13.6. The molecular weight excluding hydrogens is 268 g/mol. The number of nitrogens with one attached hydrogen (secondary N) is 2. The van der Waals surface area contributed by atoms with E-state index in [0.29, 0.717) is 6.04 Å². The van der Waals surface area contributed by atoms with Crippen LogP contribution < -0.4 is 10.6 Å². The molecule has 5 heteroatoms. The lowest BCUT2D eigenvalue weighted by molar-refractivity contribution is 0.0505. The first-order valence-electron chi connectivity index (χ1n) is 8.23. The van der Waals surface area contributed by atoms with Crippen molar-refractivity contribution in [3.05, 3.63) is 0 Å². The van der Waals surface area contributed by atoms with Crippen molar-refractivity contribution in [3.8, 4) is 0 Å². The minimum Gasteiger partial charge on any atom is -0.444 e. The second-order valence-corrected chi connectivity index (χ2v) is 7.33. The third-order valence-corrected chi connectivity index (χ3v) is 3.88. The number of ether oxygens (including phenoxy) is 2. The van der Waals surface area contributed by atoms with Gasteiger partial charge in [-0.1, -0.05) is 0 Å². The summed E-state index contributed by atoms with van der Waals surface area (Å²) in [7, 11) is 0. The number of amides is 1. The smallest absolute Gasteiger partial charge is 0.407 e. The minimum atomic E-state index is -0.431. The maximum absolute atomic E-state index is 11.7. The molecule has 2 saturated carbocycles. The first kappa shape index (κ1) is 16.6. The molecule has 0 radical (unpaired) electrons. The molecule has 0 spiro atoms. The highest BCUT2D eigenvalue weighted by Gasteiger charge is 2.27. The molecule has 1 amide bonds. The number of carbonyl (C=O) groups excluding carboxylic acids is 1. The molecule has 2 rings (SSSR count). The van der Waals surface area contributed by atoms with Crippen molar-refractivity contribution in [2.45, 2.75) is 70.6 Å². The van der Waals surface area contributed by atoms with Gasteiger partial charge in [-0.15, -0.1) is 0 Å². The zero-order valence-corrected chi connectivity index (χ0v) is 13.6. The largest absolute Gasteiger partial charge is 0.444 e. The summed E-state index contributed by atoms with van der Waals surface area (Å²) in [6.45, 7) is 8.26. The fourth-order valence-corrected chi connectivity index (χ4v) is 2.64. The maximum Gasteiger partial charge on any atom is 0.407 e. The number of carbonyl (C=O) groups is 1. The Labute approximate surface area is 128 Å². The van der Waals surface area contributed by atoms with E-state index < -0.39 is 5.60 Å². The standard InChI is InChI=1S/C16H30N2O3/c1-16(2,3)21-15(19)18-14-7-6-13(10-14)17-8-9-20-11-12-4-5-12/h12-14,17H,4-11H2,1-3H3,(H,18,19). The molecule has 2 atom stereocenters. The zero-order chi connectivity index (χ0) is 15.3. The van der Waals surface area contributed by atoms with E-state index in [9.17, 15) is 4.79 Å². The Bertz CT molecular complexity index is 337. The van der Waals surface area contributed by atoms with E-state index >= 15 is 0 Å². The molecule has 0 bridgehead atoms. The van der Waals surface area contributed by atoms with E-state index in [1.165, 1.54) is 12.8 Å². The Hall–Kier alpha value is -0.810. The lowest BCUT2D eigenvalue weighted by atomic mass is 10.2. The van der Waals surface area contributed by atoms with Crippen molar-refractivity contribution >= 4 is 6.09 Å². The Morgan fingerprint density at radius 2 is 1.86 bits per heavy atom. The molecule has 2 aliphatic carbocycles. The Morgan fingerprint density at radius 1 is 1.14 bits per heavy atom. The van der Waals surface area contributed by atoms with Gasteiger partial charge in [0.25, 0.3) is 0 Å². The van der Waals surface area contributed by atoms with Crippen molar-refractivity contribution in [1.82, 2.24) is 10.6 Å². The van der Waals surface area contributed by atoms with E-state index in [1.807, 2.05) is 20.8 Å². The van der Waals surface area contributed by atoms with Gasteiger partial charge in [0.05, 0.1) is 6.61 Å². The Balaban J connectivity index is 1.52. The van der Waals surface area contributed by atoms with Crippen LogP contribution in [0, 0.1) is 5.92 Å². The van der Waals surface area contributed by atoms with Gasteiger partial charge in [-0.25, -0.2) is 4.79 Å². The molecule has 0 heterocycles. The molecule has 0 aliphatic heterocycles. The lowest BCUT2D eigenvalue weighted by Gasteiger charge is -2.21. The van der Waals surface area contributed by atoms with E-state index in [1.54, 1.807) is 0 Å². The predicted octanol–water partition coefficient (Wildman–Crippen LogP) is 2.45. The van der Waals surface area contributed by atoms with E-state index in [-0.39, 0.29) is 12.1 Å². The molecule has 5 nitrogen and oxygen atoms in total. The highest BCUT2D eigenvalue weighted by Crippen LogP contribution is 2.28. The summed E-state index contributed by atoms with van der Waals surface area (Å²) in [6, 6.07) is 0.708. The van der Waals surface area contributed by atoms with Crippen LogP contribution in [0.25, 0.3) is 0 Å². The maximum atomic E-state index is 11.7. The average molecular weight is 298 g/mol. The topological polar surface area (TPSA) is 59.6 Å². The van der Waals surface area contributed by atoms with Crippen LogP contribution in [0.4, 0.5) is 4.79 Å². The van der Waals surface area contributed by atoms with Gasteiger partial charge in [-0.2, -0.15) is 0 Å². The molecule has 0 saturated heterocycles. The molecular formula is C16H30N2O3. The van der Waals surface area contributed by atoms with Gasteiger partial charge in [-0.3, -0.25) is 0 Å². The average Bonchev–Trinajstić information content (AvgIpc) is 3.07. The van der Waals surface area contributed by atoms with Gasteiger partial charge in [0, 0.05) is 25.2 Å². The second kappa shape index (κ2) is 7.45. The molecule has 122 valence electrons. The molecule has 2 aliphatic rings. The van der Waals surface area contributed by atoms with Crippen molar-refractivity contribution < 1.29 is 14.3 Å². The van der Waals surface area contributed by atoms with E-state index in [0.717, 1.165) is 44.9 Å². The summed E-state index contributed by atoms with van der Waals surface area (Å²) < 4.78 is 10.9. The molecule has 2 unspecified atom stereocenters. The van der Waals surface area contributed by atoms with Crippen LogP contribution in [0.5, 0.6) is 0 Å². The van der Waals surface area contributed by atoms with Gasteiger partial charge in [0.2, 0.25) is 0 Å². The number of rotatable bonds is 7. The summed E-state index contributed by atoms with van der Waals surface area (Å²) >= 11 is 0. The molecule has 21 heavy (non-hydrogen) atoms. The number of hydrogen-bond acceptors (Lipinski definition) is 4. The van der Waals surface area contributed by atoms with Crippen molar-refractivity contribution in [3.63, 3.8) is 0 Å². The van der Waals surface area contributed by atoms with Gasteiger partial charge in [0.1, 0.15) is 5.60 Å². The van der Waals surface area contributed by atoms with Gasteiger partial charge < -0.3 is 20.1 Å². The Morgan fingerprint density at radius 3 is 2.52 bits per heavy atom. The van der Waals surface area contributed by atoms with E-state index in [2.05, 4.69) is 10.6 Å². The normalized spacial score (nSPS) is 25.9. The predicted molar refractivity (Wildman–Crippen MR) is 82.3 cm³/mol. The lowest BCUT2D eigenvalue weighted by Crippen LogP contribution is -2.39. The second-order valence-electron chi connectivity index (χ2n) is 7.33. The van der Waals surface area contributed by atoms with Crippen molar-refractivity contribution in [2.24, 2.45) is 5.92 Å². The van der Waals surface area contributed by atoms with Crippen LogP contribution in [-0.2, 0) is 9.47 Å². The third kappa shape index (κ3) is 7.14. The summed E-state index contributed by atoms with van der Waals surface area (Å²) in [5.41, 5.74) is -0.431. The van der Waals surface area contributed by atoms with Gasteiger partial charge in [0.15, 0.2) is 0 Å². The van der Waals surface area contributed by atoms with Gasteiger partial charge >= 0.3 is 6.09 Å². The van der Waals surface area contributed by atoms with Crippen LogP contribution in [0.2, 0.25) is 0 Å². The van der Waals surface area contributed by atoms with Gasteiger partial charge in [-0.05, 0) is 58.8 Å². The van der Waals surface area contributed by atoms with Crippen LogP contribution in [0.1, 0.15) is 52.9 Å². The molecule has 0 aromatic carbocycles. The van der Waals surface area contributed by atoms with Crippen molar-refractivity contribution in [2.75, 3.05) is 19.8 Å². The summed E-state index contributed by atoms with van der Waals surface area (Å²) in [6.07, 6.45) is 5.47. The number of alkyl carbamates (subject to hydrolysis) is 1. The van der Waals surface area contributed by atoms with E-state index in [4.69, 9.17) is 9.47 Å². The highest BCUT2D eigenvalue weighted by molar-refractivity contribution is 5.68. The van der Waals surface area contributed by atoms with Crippen LogP contribution in [0.15, 0.2) is 0 Å². The molecule has 2 N–H and O–H groups in total. The molecule has 0 aromatic heterocycles. The highest BCUT2D eigenvalue weighted by atomic mass is 16.6. The third-order valence-electron chi connectivity index (χ3n) is 3.88. The van der Waals surface area contributed by atoms with Crippen LogP contribution in [-0.4, -0.2) is 43.5 Å². The summed E-state index contributed by atoms with van der Waals surface area (Å²) in [4.78, 5) is 11.7. The molecule has 0 aromatic rings. The first-order chi connectivity index (χ1) is 9.92.